The number of aromatic nitrogens is 3. The molecule has 1 aliphatic rings. The molecule has 2 aromatic carbocycles. The maximum Gasteiger partial charge on any atom is 0.246 e. The standard InChI is InChI=1S/C22H23F2N5O/c1-14-7-17(16-3-5-28(6-4-16)15(2)30)9-20(8-14)26-22-25-13-29(27-22)21-11-18(23)10-19(24)12-21/h7-13,16H,3-6H2,1-2H3,(H,26,27)/i2D3,3D2,4D2,5D2,6D2. The van der Waals surface area contributed by atoms with Crippen molar-refractivity contribution in [3.8, 4) is 5.69 Å². The molecule has 0 radical (unpaired) electrons. The smallest absolute Gasteiger partial charge is 0.246 e. The van der Waals surface area contributed by atoms with Gasteiger partial charge in [-0.05, 0) is 61.0 Å². The lowest BCUT2D eigenvalue weighted by atomic mass is 9.88. The maximum atomic E-state index is 13.6. The highest BCUT2D eigenvalue weighted by Crippen LogP contribution is 2.31. The number of anilines is 2. The molecular weight excluding hydrogens is 388 g/mol. The largest absolute Gasteiger partial charge is 0.343 e. The summed E-state index contributed by atoms with van der Waals surface area (Å²) in [7, 11) is 0. The molecule has 8 heteroatoms. The van der Waals surface area contributed by atoms with Gasteiger partial charge in [0.05, 0.1) is 5.69 Å². The lowest BCUT2D eigenvalue weighted by Crippen LogP contribution is -2.36. The molecule has 156 valence electrons. The van der Waals surface area contributed by atoms with Crippen LogP contribution in [0.15, 0.2) is 42.7 Å². The van der Waals surface area contributed by atoms with Crippen LogP contribution in [0.3, 0.4) is 0 Å². The second kappa shape index (κ2) is 8.22. The molecule has 1 fully saturated rings. The van der Waals surface area contributed by atoms with Gasteiger partial charge < -0.3 is 10.2 Å². The Kier molecular flexibility index (Phi) is 2.92. The van der Waals surface area contributed by atoms with Gasteiger partial charge in [0.1, 0.15) is 18.0 Å². The molecule has 30 heavy (non-hydrogen) atoms. The fourth-order valence-electron chi connectivity index (χ4n) is 2.89. The van der Waals surface area contributed by atoms with Crippen LogP contribution in [0.4, 0.5) is 20.4 Å². The number of likely N-dealkylation sites (tertiary alicyclic amines) is 1. The van der Waals surface area contributed by atoms with Crippen molar-refractivity contribution >= 4 is 17.5 Å². The third-order valence-corrected chi connectivity index (χ3v) is 4.14. The van der Waals surface area contributed by atoms with E-state index in [4.69, 9.17) is 15.1 Å². The van der Waals surface area contributed by atoms with Crippen molar-refractivity contribution in [3.05, 3.63) is 65.5 Å². The Morgan fingerprint density at radius 3 is 2.60 bits per heavy atom. The lowest BCUT2D eigenvalue weighted by molar-refractivity contribution is -0.129. The maximum absolute atomic E-state index is 13.6. The Bertz CT molecular complexity index is 1460. The van der Waals surface area contributed by atoms with Gasteiger partial charge in [-0.15, -0.1) is 5.10 Å². The third-order valence-electron chi connectivity index (χ3n) is 4.14. The fourth-order valence-corrected chi connectivity index (χ4v) is 2.89. The summed E-state index contributed by atoms with van der Waals surface area (Å²) in [5.41, 5.74) is 0.377. The topological polar surface area (TPSA) is 63.1 Å². The Labute approximate surface area is 189 Å². The molecule has 1 saturated heterocycles. The summed E-state index contributed by atoms with van der Waals surface area (Å²) in [5, 5.41) is 6.87. The highest BCUT2D eigenvalue weighted by molar-refractivity contribution is 5.73. The van der Waals surface area contributed by atoms with Crippen molar-refractivity contribution in [2.75, 3.05) is 18.3 Å². The number of carbonyl (C=O) groups excluding carboxylic acids is 1. The van der Waals surface area contributed by atoms with E-state index in [-0.39, 0.29) is 22.9 Å². The molecule has 0 aliphatic carbocycles. The van der Waals surface area contributed by atoms with Crippen LogP contribution in [0.5, 0.6) is 0 Å². The molecule has 0 saturated carbocycles. The Morgan fingerprint density at radius 1 is 1.17 bits per heavy atom. The van der Waals surface area contributed by atoms with E-state index in [9.17, 15) is 13.6 Å². The number of hydrogen-bond acceptors (Lipinski definition) is 4. The summed E-state index contributed by atoms with van der Waals surface area (Å²) in [6.07, 6.45) is -5.52. The SMILES string of the molecule is [2H]C([2H])([2H])C(=O)N1C([2H])([2H])C([2H])([2H])C(c2cc(C)cc(Nc3ncn(-c4cc(F)cc(F)c4)n3)c2)C([2H])([2H])C1([2H])[2H]. The average Bonchev–Trinajstić information content (AvgIpc) is 3.24. The van der Waals surface area contributed by atoms with Crippen LogP contribution >= 0.6 is 0 Å². The van der Waals surface area contributed by atoms with Crippen LogP contribution in [-0.2, 0) is 4.79 Å². The van der Waals surface area contributed by atoms with Gasteiger partial charge in [0.15, 0.2) is 0 Å². The second-order valence-electron chi connectivity index (χ2n) is 6.48. The zero-order chi connectivity index (χ0) is 30.9. The minimum atomic E-state index is -3.60. The molecule has 0 unspecified atom stereocenters. The average molecular weight is 423 g/mol. The van der Waals surface area contributed by atoms with Gasteiger partial charge in [-0.1, -0.05) is 6.07 Å². The van der Waals surface area contributed by atoms with E-state index in [0.717, 1.165) is 23.1 Å². The molecule has 2 heterocycles. The van der Waals surface area contributed by atoms with Crippen molar-refractivity contribution in [2.45, 2.75) is 32.4 Å². The molecule has 0 bridgehead atoms. The number of halogens is 2. The minimum absolute atomic E-state index is 0.0252. The van der Waals surface area contributed by atoms with Gasteiger partial charge in [0, 0.05) is 46.7 Å². The normalized spacial score (nSPS) is 27.3. The van der Waals surface area contributed by atoms with Gasteiger partial charge in [-0.3, -0.25) is 4.79 Å². The summed E-state index contributed by atoms with van der Waals surface area (Å²) >= 11 is 0. The zero-order valence-electron chi connectivity index (χ0n) is 26.6. The van der Waals surface area contributed by atoms with Crippen LogP contribution in [-0.4, -0.2) is 38.6 Å². The van der Waals surface area contributed by atoms with Gasteiger partial charge in [0.25, 0.3) is 0 Å². The number of piperidine rings is 1. The molecule has 1 aliphatic heterocycles. The summed E-state index contributed by atoms with van der Waals surface area (Å²) in [6.45, 7) is -9.22. The van der Waals surface area contributed by atoms with Crippen molar-refractivity contribution < 1.29 is 28.7 Å². The number of aryl methyl sites for hydroxylation is 1. The van der Waals surface area contributed by atoms with Crippen LogP contribution in [0.2, 0.25) is 0 Å². The number of benzene rings is 2. The monoisotopic (exact) mass is 422 g/mol. The van der Waals surface area contributed by atoms with Gasteiger partial charge in [-0.25, -0.2) is 13.5 Å². The highest BCUT2D eigenvalue weighted by atomic mass is 19.1. The van der Waals surface area contributed by atoms with E-state index in [0.29, 0.717) is 11.6 Å². The number of hydrogen-bond donors (Lipinski definition) is 1. The fraction of sp³-hybridized carbons (Fsp3) is 0.318. The molecule has 4 rings (SSSR count). The van der Waals surface area contributed by atoms with Crippen LogP contribution < -0.4 is 5.32 Å². The van der Waals surface area contributed by atoms with Crippen molar-refractivity contribution in [2.24, 2.45) is 0 Å². The Hall–Kier alpha value is -3.29. The van der Waals surface area contributed by atoms with E-state index in [1.54, 1.807) is 6.92 Å². The van der Waals surface area contributed by atoms with Gasteiger partial charge in [-0.2, -0.15) is 4.98 Å². The predicted molar refractivity (Wildman–Crippen MR) is 110 cm³/mol. The molecule has 1 amide bonds. The van der Waals surface area contributed by atoms with Gasteiger partial charge >= 0.3 is 0 Å². The van der Waals surface area contributed by atoms with E-state index < -0.39 is 61.0 Å². The second-order valence-corrected chi connectivity index (χ2v) is 6.48. The number of nitrogens with one attached hydrogen (secondary N) is 1. The Balaban J connectivity index is 1.76. The van der Waals surface area contributed by atoms with E-state index >= 15 is 0 Å². The van der Waals surface area contributed by atoms with Gasteiger partial charge in [0.2, 0.25) is 11.9 Å². The molecule has 0 spiro atoms. The summed E-state index contributed by atoms with van der Waals surface area (Å²) in [5.74, 6) is -6.03. The Morgan fingerprint density at radius 2 is 1.90 bits per heavy atom. The third kappa shape index (κ3) is 4.48. The van der Waals surface area contributed by atoms with Crippen LogP contribution in [0.1, 0.15) is 51.7 Å². The first kappa shape index (κ1) is 10.7. The molecule has 6 nitrogen and oxygen atoms in total. The lowest BCUT2D eigenvalue weighted by Gasteiger charge is -2.31. The van der Waals surface area contributed by atoms with Crippen LogP contribution in [0.25, 0.3) is 5.69 Å². The first-order valence-corrected chi connectivity index (χ1v) is 8.72. The first-order valence-electron chi connectivity index (χ1n) is 14.2. The molecule has 0 atom stereocenters. The predicted octanol–water partition coefficient (Wildman–Crippen LogP) is 4.32. The van der Waals surface area contributed by atoms with Crippen molar-refractivity contribution in [1.82, 2.24) is 19.7 Å². The molecule has 1 aromatic heterocycles. The number of nitrogens with zero attached hydrogens (tertiary/aromatic N) is 4. The first-order chi connectivity index (χ1) is 18.6. The molecule has 1 N–H and O–H groups in total. The molecular formula is C22H23F2N5O. The molecule has 3 aromatic rings. The number of rotatable bonds is 4. The summed E-state index contributed by atoms with van der Waals surface area (Å²) < 4.78 is 118. The number of carbonyl (C=O) groups is 1. The summed E-state index contributed by atoms with van der Waals surface area (Å²) in [4.78, 5) is 16.1. The summed E-state index contributed by atoms with van der Waals surface area (Å²) in [6, 6.07) is 6.75. The zero-order valence-corrected chi connectivity index (χ0v) is 15.6. The van der Waals surface area contributed by atoms with E-state index in [2.05, 4.69) is 15.4 Å². The van der Waals surface area contributed by atoms with E-state index in [1.165, 1.54) is 18.2 Å². The van der Waals surface area contributed by atoms with Crippen molar-refractivity contribution in [3.63, 3.8) is 0 Å². The highest BCUT2D eigenvalue weighted by Gasteiger charge is 2.22. The minimum Gasteiger partial charge on any atom is -0.343 e. The number of amides is 1. The van der Waals surface area contributed by atoms with Crippen molar-refractivity contribution in [1.29, 1.82) is 0 Å². The quantitative estimate of drug-likeness (QED) is 0.680. The van der Waals surface area contributed by atoms with Crippen LogP contribution in [0, 0.1) is 18.6 Å². The van der Waals surface area contributed by atoms with E-state index in [1.807, 2.05) is 0 Å².